The van der Waals surface area contributed by atoms with Crippen molar-refractivity contribution in [2.24, 2.45) is 5.11 Å². The Morgan fingerprint density at radius 1 is 1.67 bits per heavy atom. The highest BCUT2D eigenvalue weighted by Gasteiger charge is 2.47. The van der Waals surface area contributed by atoms with Crippen LogP contribution in [0, 0.1) is 0 Å². The Kier molecular flexibility index (Phi) is 3.31. The van der Waals surface area contributed by atoms with E-state index >= 15 is 0 Å². The van der Waals surface area contributed by atoms with Gasteiger partial charge in [-0.2, -0.15) is 0 Å². The third-order valence-corrected chi connectivity index (χ3v) is 2.33. The number of hydrogen-bond donors (Lipinski definition) is 2. The van der Waals surface area contributed by atoms with E-state index in [4.69, 9.17) is 10.6 Å². The van der Waals surface area contributed by atoms with Crippen LogP contribution in [0.1, 0.15) is 19.3 Å². The molecule has 1 rings (SSSR count). The fraction of sp³-hybridized carbons (Fsp3) is 0.857. The summed E-state index contributed by atoms with van der Waals surface area (Å²) in [6.45, 7) is 0. The summed E-state index contributed by atoms with van der Waals surface area (Å²) in [7, 11) is 0. The van der Waals surface area contributed by atoms with E-state index in [0.717, 1.165) is 0 Å². The smallest absolute Gasteiger partial charge is 0.405 e. The Hall–Kier alpha value is -1.56. The number of rotatable bonds is 2. The Morgan fingerprint density at radius 2 is 2.33 bits per heavy atom. The Labute approximate surface area is 83.9 Å². The number of nitrogens with one attached hydrogen (secondary N) is 1. The van der Waals surface area contributed by atoms with Crippen LogP contribution in [-0.4, -0.2) is 29.2 Å². The zero-order valence-corrected chi connectivity index (χ0v) is 7.73. The van der Waals surface area contributed by atoms with E-state index < -0.39 is 30.5 Å². The fourth-order valence-corrected chi connectivity index (χ4v) is 1.68. The molecule has 84 valence electrons. The summed E-state index contributed by atoms with van der Waals surface area (Å²) in [5.41, 5.74) is 8.18. The SMILES string of the molecule is [N-]=[N+]=N[C@@H]1CCCC(F)(F)[C@H]1NC(=O)O. The Bertz CT molecular complexity index is 303. The summed E-state index contributed by atoms with van der Waals surface area (Å²) in [6, 6.07) is -2.64. The van der Waals surface area contributed by atoms with Gasteiger partial charge in [-0.3, -0.25) is 0 Å². The maximum Gasteiger partial charge on any atom is 0.405 e. The zero-order chi connectivity index (χ0) is 11.5. The minimum Gasteiger partial charge on any atom is -0.465 e. The number of halogens is 2. The molecule has 0 unspecified atom stereocenters. The number of alkyl halides is 2. The second-order valence-electron chi connectivity index (χ2n) is 3.35. The first-order chi connectivity index (χ1) is 6.97. The van der Waals surface area contributed by atoms with Crippen LogP contribution in [-0.2, 0) is 0 Å². The maximum absolute atomic E-state index is 13.3. The summed E-state index contributed by atoms with van der Waals surface area (Å²) < 4.78 is 26.6. The third-order valence-electron chi connectivity index (χ3n) is 2.33. The molecule has 1 aliphatic carbocycles. The van der Waals surface area contributed by atoms with Gasteiger partial charge in [-0.15, -0.1) is 0 Å². The minimum absolute atomic E-state index is 0.217. The van der Waals surface area contributed by atoms with Gasteiger partial charge in [0.15, 0.2) is 0 Å². The second-order valence-corrected chi connectivity index (χ2v) is 3.35. The van der Waals surface area contributed by atoms with Crippen LogP contribution in [0.4, 0.5) is 13.6 Å². The van der Waals surface area contributed by atoms with E-state index in [1.165, 1.54) is 0 Å². The van der Waals surface area contributed by atoms with E-state index in [0.29, 0.717) is 0 Å². The third kappa shape index (κ3) is 2.69. The highest BCUT2D eigenvalue weighted by atomic mass is 19.3. The van der Waals surface area contributed by atoms with Crippen molar-refractivity contribution in [2.45, 2.75) is 37.3 Å². The lowest BCUT2D eigenvalue weighted by molar-refractivity contribution is -0.0679. The van der Waals surface area contributed by atoms with Crippen molar-refractivity contribution in [3.05, 3.63) is 10.4 Å². The van der Waals surface area contributed by atoms with Crippen molar-refractivity contribution in [2.75, 3.05) is 0 Å². The molecule has 0 bridgehead atoms. The molecule has 0 saturated heterocycles. The quantitative estimate of drug-likeness (QED) is 0.423. The average Bonchev–Trinajstić information content (AvgIpc) is 2.10. The topological polar surface area (TPSA) is 98.1 Å². The van der Waals surface area contributed by atoms with E-state index in [1.807, 2.05) is 0 Å². The normalized spacial score (nSPS) is 28.9. The molecule has 8 heteroatoms. The van der Waals surface area contributed by atoms with Crippen LogP contribution in [0.5, 0.6) is 0 Å². The number of azide groups is 1. The number of hydrogen-bond acceptors (Lipinski definition) is 2. The van der Waals surface area contributed by atoms with Crippen molar-refractivity contribution in [3.63, 3.8) is 0 Å². The summed E-state index contributed by atoms with van der Waals surface area (Å²) >= 11 is 0. The molecule has 1 aliphatic rings. The van der Waals surface area contributed by atoms with Gasteiger partial charge in [0, 0.05) is 11.3 Å². The lowest BCUT2D eigenvalue weighted by Crippen LogP contribution is -2.55. The largest absolute Gasteiger partial charge is 0.465 e. The van der Waals surface area contributed by atoms with Crippen LogP contribution in [0.3, 0.4) is 0 Å². The molecule has 0 aromatic heterocycles. The second kappa shape index (κ2) is 4.31. The van der Waals surface area contributed by atoms with Gasteiger partial charge in [0.05, 0.1) is 6.04 Å². The summed E-state index contributed by atoms with van der Waals surface area (Å²) in [5, 5.41) is 13.3. The molecule has 1 fully saturated rings. The van der Waals surface area contributed by atoms with Gasteiger partial charge in [0.2, 0.25) is 0 Å². The first kappa shape index (κ1) is 11.5. The van der Waals surface area contributed by atoms with Gasteiger partial charge in [-0.25, -0.2) is 13.6 Å². The molecule has 1 saturated carbocycles. The molecule has 6 nitrogen and oxygen atoms in total. The van der Waals surface area contributed by atoms with Crippen molar-refractivity contribution in [3.8, 4) is 0 Å². The van der Waals surface area contributed by atoms with E-state index in [2.05, 4.69) is 10.0 Å². The monoisotopic (exact) mass is 220 g/mol. The number of carboxylic acid groups (broad SMARTS) is 1. The lowest BCUT2D eigenvalue weighted by Gasteiger charge is -2.35. The molecule has 1 amide bonds. The molecule has 15 heavy (non-hydrogen) atoms. The predicted molar refractivity (Wildman–Crippen MR) is 46.7 cm³/mol. The van der Waals surface area contributed by atoms with Gasteiger partial charge >= 0.3 is 6.09 Å². The fourth-order valence-electron chi connectivity index (χ4n) is 1.68. The predicted octanol–water partition coefficient (Wildman–Crippen LogP) is 2.12. The van der Waals surface area contributed by atoms with Crippen LogP contribution in [0.25, 0.3) is 10.4 Å². The van der Waals surface area contributed by atoms with Crippen molar-refractivity contribution < 1.29 is 18.7 Å². The number of carbonyl (C=O) groups is 1. The summed E-state index contributed by atoms with van der Waals surface area (Å²) in [6.07, 6.45) is -1.45. The summed E-state index contributed by atoms with van der Waals surface area (Å²) in [5.74, 6) is -3.16. The molecule has 0 radical (unpaired) electrons. The molecule has 0 aliphatic heterocycles. The highest BCUT2D eigenvalue weighted by Crippen LogP contribution is 2.35. The van der Waals surface area contributed by atoms with Crippen LogP contribution < -0.4 is 5.32 Å². The number of nitrogens with zero attached hydrogens (tertiary/aromatic N) is 3. The number of amides is 1. The van der Waals surface area contributed by atoms with Crippen molar-refractivity contribution in [1.29, 1.82) is 0 Å². The van der Waals surface area contributed by atoms with Gasteiger partial charge in [0.1, 0.15) is 6.04 Å². The van der Waals surface area contributed by atoms with Crippen molar-refractivity contribution >= 4 is 6.09 Å². The van der Waals surface area contributed by atoms with E-state index in [-0.39, 0.29) is 12.8 Å². The van der Waals surface area contributed by atoms with Crippen LogP contribution in [0.15, 0.2) is 5.11 Å². The van der Waals surface area contributed by atoms with Crippen LogP contribution >= 0.6 is 0 Å². The molecule has 0 heterocycles. The van der Waals surface area contributed by atoms with E-state index in [9.17, 15) is 13.6 Å². The molecular weight excluding hydrogens is 210 g/mol. The van der Waals surface area contributed by atoms with Gasteiger partial charge in [-0.1, -0.05) is 5.11 Å². The van der Waals surface area contributed by atoms with Crippen LogP contribution in [0.2, 0.25) is 0 Å². The lowest BCUT2D eigenvalue weighted by atomic mass is 9.87. The zero-order valence-electron chi connectivity index (χ0n) is 7.73. The van der Waals surface area contributed by atoms with Crippen molar-refractivity contribution in [1.82, 2.24) is 5.32 Å². The average molecular weight is 220 g/mol. The maximum atomic E-state index is 13.3. The molecular formula is C7H10F2N4O2. The minimum atomic E-state index is -3.16. The molecule has 2 atom stereocenters. The van der Waals surface area contributed by atoms with Gasteiger partial charge in [-0.05, 0) is 18.4 Å². The molecule has 2 N–H and O–H groups in total. The standard InChI is InChI=1S/C7H10F2N4O2/c8-7(9)3-1-2-4(12-13-10)5(7)11-6(14)15/h4-5,11H,1-3H2,(H,14,15)/t4-,5+/m1/s1. The Morgan fingerprint density at radius 3 is 2.87 bits per heavy atom. The summed E-state index contributed by atoms with van der Waals surface area (Å²) in [4.78, 5) is 12.8. The molecule has 0 spiro atoms. The first-order valence-electron chi connectivity index (χ1n) is 4.39. The Balaban J connectivity index is 2.86. The highest BCUT2D eigenvalue weighted by molar-refractivity contribution is 5.65. The molecule has 0 aromatic rings. The van der Waals surface area contributed by atoms with Gasteiger partial charge in [0.25, 0.3) is 5.92 Å². The van der Waals surface area contributed by atoms with E-state index in [1.54, 1.807) is 5.32 Å². The first-order valence-corrected chi connectivity index (χ1v) is 4.39. The molecule has 0 aromatic carbocycles. The van der Waals surface area contributed by atoms with Gasteiger partial charge < -0.3 is 10.4 Å².